The van der Waals surface area contributed by atoms with Gasteiger partial charge in [0.25, 0.3) is 21.6 Å². The van der Waals surface area contributed by atoms with Gasteiger partial charge >= 0.3 is 0 Å². The summed E-state index contributed by atoms with van der Waals surface area (Å²) >= 11 is 0. The number of carbonyl (C=O) groups excluding carboxylic acids is 1. The number of halogens is 1. The molecule has 1 spiro atoms. The number of hydrogen-bond donors (Lipinski definition) is 4. The molecule has 5 fully saturated rings. The van der Waals surface area contributed by atoms with Crippen molar-refractivity contribution in [2.75, 3.05) is 67.7 Å². The standard InChI is InChI=1S/C52H62N8O9S.ClH/c1-33-5-3-4-6-39(33)46-31-68-24-22-58(46)37-28-52(29-37)17-20-57(21-18-52)36-7-9-40(43(26-36)59-42-14-23-67-32-47(42)69-50-45(59)25-35-13-19-53-48(35)55-50)49(61)56-70(65,66)38-8-10-41(44(27-38)60(63)64)54-30-34-11-15-51(2,62)16-12-34;/h3-10,13,19,25-27,34,37,42,46-47,54,62H,11-12,14-18,20-24,28-32H2,1-2H3,(H,53,55)(H,56,61);1H/t34-,42-,46-,47-,51-;/m0./s1. The summed E-state index contributed by atoms with van der Waals surface area (Å²) in [6, 6.07) is 22.2. The first kappa shape index (κ1) is 49.1. The Labute approximate surface area is 420 Å². The second kappa shape index (κ2) is 19.5. The zero-order chi connectivity index (χ0) is 48.4. The van der Waals surface area contributed by atoms with Crippen LogP contribution in [0.1, 0.15) is 92.2 Å². The minimum absolute atomic E-state index is 0. The van der Waals surface area contributed by atoms with Gasteiger partial charge in [0.05, 0.1) is 58.6 Å². The van der Waals surface area contributed by atoms with Gasteiger partial charge in [0, 0.05) is 62.2 Å². The lowest BCUT2D eigenvalue weighted by molar-refractivity contribution is -0.384. The fourth-order valence-electron chi connectivity index (χ4n) is 12.1. The predicted molar refractivity (Wildman–Crippen MR) is 273 cm³/mol. The maximum atomic E-state index is 14.7. The van der Waals surface area contributed by atoms with E-state index in [1.54, 1.807) is 12.3 Å². The van der Waals surface area contributed by atoms with Gasteiger partial charge in [0.15, 0.2) is 0 Å². The Bertz CT molecular complexity index is 2910. The number of aromatic nitrogens is 2. The highest BCUT2D eigenvalue weighted by Gasteiger charge is 2.50. The highest BCUT2D eigenvalue weighted by atomic mass is 35.5. The van der Waals surface area contributed by atoms with Crippen LogP contribution in [-0.4, -0.2) is 116 Å². The van der Waals surface area contributed by atoms with Crippen molar-refractivity contribution < 1.29 is 37.5 Å². The average molecular weight is 1010 g/mol. The van der Waals surface area contributed by atoms with E-state index < -0.39 is 43.1 Å². The van der Waals surface area contributed by atoms with Crippen LogP contribution in [-0.2, 0) is 19.5 Å². The van der Waals surface area contributed by atoms with Gasteiger partial charge in [0.2, 0.25) is 5.88 Å². The fourth-order valence-corrected chi connectivity index (χ4v) is 13.1. The Morgan fingerprint density at radius 2 is 1.72 bits per heavy atom. The van der Waals surface area contributed by atoms with Crippen LogP contribution in [0.15, 0.2) is 83.9 Å². The molecule has 11 rings (SSSR count). The number of H-pyrrole nitrogens is 1. The first-order chi connectivity index (χ1) is 33.7. The smallest absolute Gasteiger partial charge is 0.293 e. The molecule has 0 radical (unpaired) electrons. The summed E-state index contributed by atoms with van der Waals surface area (Å²) in [7, 11) is -4.62. The number of benzene rings is 3. The number of sulfonamides is 1. The number of nitro benzene ring substituents is 1. The van der Waals surface area contributed by atoms with Crippen molar-refractivity contribution >= 4 is 67.8 Å². The van der Waals surface area contributed by atoms with Gasteiger partial charge in [-0.25, -0.2) is 13.1 Å². The number of ether oxygens (including phenoxy) is 3. The lowest BCUT2D eigenvalue weighted by Crippen LogP contribution is -2.58. The van der Waals surface area contributed by atoms with Crippen molar-refractivity contribution in [1.29, 1.82) is 0 Å². The lowest BCUT2D eigenvalue weighted by atomic mass is 9.59. The molecule has 4 aliphatic heterocycles. The molecule has 5 aromatic rings. The summed E-state index contributed by atoms with van der Waals surface area (Å²) in [6.07, 6.45) is 9.10. The van der Waals surface area contributed by atoms with Gasteiger partial charge in [0.1, 0.15) is 23.1 Å². The van der Waals surface area contributed by atoms with E-state index in [-0.39, 0.29) is 47.1 Å². The number of nitro groups is 1. The zero-order valence-corrected chi connectivity index (χ0v) is 41.8. The summed E-state index contributed by atoms with van der Waals surface area (Å²) in [4.78, 5) is 41.1. The second-order valence-electron chi connectivity index (χ2n) is 20.8. The van der Waals surface area contributed by atoms with Crippen LogP contribution in [0.3, 0.4) is 0 Å². The molecule has 19 heteroatoms. The van der Waals surface area contributed by atoms with Gasteiger partial charge in [-0.05, 0) is 137 Å². The van der Waals surface area contributed by atoms with Crippen LogP contribution in [0.2, 0.25) is 0 Å². The number of rotatable bonds is 11. The molecule has 0 bridgehead atoms. The molecule has 4 N–H and O–H groups in total. The number of nitrogens with one attached hydrogen (secondary N) is 3. The number of nitrogens with zero attached hydrogens (tertiary/aromatic N) is 5. The van der Waals surface area contributed by atoms with Crippen molar-refractivity contribution in [3.8, 4) is 5.88 Å². The maximum Gasteiger partial charge on any atom is 0.293 e. The SMILES string of the molecule is Cc1ccccc1[C@@H]1COCCN1C1CC2(CCN(c3ccc(C(=O)NS(=O)(=O)c4ccc(NC[C@H]5CC[C@](C)(O)CC5)c([N+](=O)[O-])c4)c(N4c5cc6cc[nH]c6nc5O[C@H]5COCC[C@@H]54)c3)CC2)C1.Cl. The molecule has 17 nitrogen and oxygen atoms in total. The zero-order valence-electron chi connectivity index (χ0n) is 40.2. The molecule has 2 saturated carbocycles. The molecule has 3 aromatic carbocycles. The van der Waals surface area contributed by atoms with E-state index in [1.165, 1.54) is 23.3 Å². The van der Waals surface area contributed by atoms with E-state index in [0.29, 0.717) is 74.6 Å². The number of piperidine rings is 1. The van der Waals surface area contributed by atoms with Gasteiger partial charge in [-0.15, -0.1) is 12.4 Å². The summed E-state index contributed by atoms with van der Waals surface area (Å²) in [5.41, 5.74) is 4.75. The van der Waals surface area contributed by atoms with Crippen LogP contribution >= 0.6 is 12.4 Å². The molecule has 71 heavy (non-hydrogen) atoms. The van der Waals surface area contributed by atoms with E-state index in [4.69, 9.17) is 19.2 Å². The molecule has 3 saturated heterocycles. The number of hydrogen-bond acceptors (Lipinski definition) is 14. The van der Waals surface area contributed by atoms with Crippen molar-refractivity contribution in [2.45, 2.75) is 106 Å². The second-order valence-corrected chi connectivity index (χ2v) is 22.5. The molecule has 2 aromatic heterocycles. The highest BCUT2D eigenvalue weighted by Crippen LogP contribution is 2.54. The van der Waals surface area contributed by atoms with Crippen LogP contribution < -0.4 is 24.6 Å². The Kier molecular flexibility index (Phi) is 13.5. The molecular weight excluding hydrogens is 948 g/mol. The summed E-state index contributed by atoms with van der Waals surface area (Å²) in [6.45, 7) is 9.24. The minimum Gasteiger partial charge on any atom is -0.468 e. The molecule has 0 unspecified atom stereocenters. The Morgan fingerprint density at radius 3 is 2.49 bits per heavy atom. The Hall–Kier alpha value is -5.50. The third-order valence-corrected chi connectivity index (χ3v) is 17.6. The summed E-state index contributed by atoms with van der Waals surface area (Å²) in [5.74, 6) is -0.312. The van der Waals surface area contributed by atoms with Crippen LogP contribution in [0, 0.1) is 28.4 Å². The lowest BCUT2D eigenvalue weighted by Gasteiger charge is -2.57. The van der Waals surface area contributed by atoms with Crippen molar-refractivity contribution in [3.63, 3.8) is 0 Å². The van der Waals surface area contributed by atoms with Gasteiger partial charge < -0.3 is 39.4 Å². The predicted octanol–water partition coefficient (Wildman–Crippen LogP) is 8.18. The number of morpholine rings is 1. The number of fused-ring (bicyclic) bond motifs is 3. The summed E-state index contributed by atoms with van der Waals surface area (Å²) < 4.78 is 49.0. The molecule has 1 amide bonds. The molecule has 378 valence electrons. The fraction of sp³-hybridized carbons (Fsp3) is 0.500. The molecule has 3 atom stereocenters. The number of aromatic amines is 1. The van der Waals surface area contributed by atoms with Gasteiger partial charge in [-0.2, -0.15) is 4.98 Å². The Morgan fingerprint density at radius 1 is 0.944 bits per heavy atom. The van der Waals surface area contributed by atoms with Crippen molar-refractivity contribution in [3.05, 3.63) is 106 Å². The number of aliphatic hydroxyl groups is 1. The Balaban J connectivity index is 0.00000582. The van der Waals surface area contributed by atoms with E-state index in [2.05, 4.69) is 60.9 Å². The number of carbonyl (C=O) groups is 1. The molecule has 6 heterocycles. The first-order valence-corrected chi connectivity index (χ1v) is 26.3. The first-order valence-electron chi connectivity index (χ1n) is 24.8. The largest absolute Gasteiger partial charge is 0.468 e. The molecule has 2 aliphatic carbocycles. The number of amides is 1. The number of pyridine rings is 1. The van der Waals surface area contributed by atoms with Crippen molar-refractivity contribution in [2.24, 2.45) is 11.3 Å². The van der Waals surface area contributed by atoms with Crippen LogP contribution in [0.4, 0.5) is 28.4 Å². The van der Waals surface area contributed by atoms with Crippen molar-refractivity contribution in [1.82, 2.24) is 19.6 Å². The third kappa shape index (κ3) is 9.66. The van der Waals surface area contributed by atoms with E-state index in [0.717, 1.165) is 81.9 Å². The van der Waals surface area contributed by atoms with E-state index in [1.807, 2.05) is 31.2 Å². The van der Waals surface area contributed by atoms with Gasteiger partial charge in [-0.3, -0.25) is 19.8 Å². The topological polar surface area (TPSA) is 205 Å². The third-order valence-electron chi connectivity index (χ3n) is 16.3. The number of aryl methyl sites for hydroxylation is 1. The van der Waals surface area contributed by atoms with E-state index >= 15 is 0 Å². The van der Waals surface area contributed by atoms with Crippen LogP contribution in [0.25, 0.3) is 11.0 Å². The van der Waals surface area contributed by atoms with Crippen LogP contribution in [0.5, 0.6) is 5.88 Å². The minimum atomic E-state index is -4.62. The van der Waals surface area contributed by atoms with E-state index in [9.17, 15) is 28.4 Å². The summed E-state index contributed by atoms with van der Waals surface area (Å²) in [5, 5.41) is 26.7. The molecular formula is C52H63ClN8O9S. The highest BCUT2D eigenvalue weighted by molar-refractivity contribution is 7.90. The number of anilines is 4. The normalized spacial score (nSPS) is 25.6. The molecule has 6 aliphatic rings. The maximum absolute atomic E-state index is 14.7. The average Bonchev–Trinajstić information content (AvgIpc) is 3.81. The quantitative estimate of drug-likeness (QED) is 0.0728. The van der Waals surface area contributed by atoms with Gasteiger partial charge in [-0.1, -0.05) is 24.3 Å². The monoisotopic (exact) mass is 1010 g/mol.